The molecule has 0 bridgehead atoms. The second kappa shape index (κ2) is 6.34. The van der Waals surface area contributed by atoms with Crippen LogP contribution in [0.1, 0.15) is 58.8 Å². The summed E-state index contributed by atoms with van der Waals surface area (Å²) in [6, 6.07) is 0.192. The minimum atomic E-state index is -0.588. The molecule has 0 heterocycles. The zero-order valence-corrected chi connectivity index (χ0v) is 11.7. The van der Waals surface area contributed by atoms with Crippen LogP contribution in [0.4, 0.5) is 0 Å². The smallest absolute Gasteiger partial charge is 0.233 e. The van der Waals surface area contributed by atoms with Crippen LogP contribution in [-0.2, 0) is 4.79 Å². The third kappa shape index (κ3) is 3.41. The molecular formula is C13H24N2OS. The highest BCUT2D eigenvalue weighted by atomic mass is 32.1. The summed E-state index contributed by atoms with van der Waals surface area (Å²) >= 11 is 5.17. The average Bonchev–Trinajstić information content (AvgIpc) is 2.54. The number of carbonyl (C=O) groups is 1. The van der Waals surface area contributed by atoms with E-state index in [2.05, 4.69) is 12.2 Å². The molecule has 17 heavy (non-hydrogen) atoms. The summed E-state index contributed by atoms with van der Waals surface area (Å²) in [5, 5.41) is 3.04. The quantitative estimate of drug-likeness (QED) is 0.600. The Morgan fingerprint density at radius 2 is 1.88 bits per heavy atom. The standard InChI is InChI=1S/C13H24N2OS/c1-3-10(2)15-12(16)13(11(14)17)8-6-4-5-7-9-13/h10H,3-9H2,1-2H3,(H2,14,17)(H,15,16). The molecule has 0 aromatic heterocycles. The Bertz CT molecular complexity index is 283. The topological polar surface area (TPSA) is 55.1 Å². The van der Waals surface area contributed by atoms with Crippen molar-refractivity contribution in [3.8, 4) is 0 Å². The van der Waals surface area contributed by atoms with Crippen molar-refractivity contribution < 1.29 is 4.79 Å². The van der Waals surface area contributed by atoms with Crippen LogP contribution in [0, 0.1) is 5.41 Å². The Morgan fingerprint density at radius 1 is 1.35 bits per heavy atom. The van der Waals surface area contributed by atoms with Gasteiger partial charge in [0, 0.05) is 6.04 Å². The molecule has 98 valence electrons. The highest BCUT2D eigenvalue weighted by molar-refractivity contribution is 7.80. The lowest BCUT2D eigenvalue weighted by atomic mass is 9.79. The first-order valence-electron chi connectivity index (χ1n) is 6.64. The van der Waals surface area contributed by atoms with Crippen molar-refractivity contribution in [2.75, 3.05) is 0 Å². The Labute approximate surface area is 110 Å². The van der Waals surface area contributed by atoms with E-state index in [1.807, 2.05) is 6.92 Å². The monoisotopic (exact) mass is 256 g/mol. The Kier molecular flexibility index (Phi) is 5.37. The molecule has 0 aliphatic heterocycles. The summed E-state index contributed by atoms with van der Waals surface area (Å²) in [5.41, 5.74) is 5.27. The van der Waals surface area contributed by atoms with Crippen molar-refractivity contribution in [2.24, 2.45) is 11.1 Å². The fourth-order valence-electron chi connectivity index (χ4n) is 2.38. The summed E-state index contributed by atoms with van der Waals surface area (Å²) in [7, 11) is 0. The first kappa shape index (κ1) is 14.4. The van der Waals surface area contributed by atoms with Gasteiger partial charge in [0.25, 0.3) is 0 Å². The van der Waals surface area contributed by atoms with E-state index in [9.17, 15) is 4.79 Å². The number of hydrogen-bond acceptors (Lipinski definition) is 2. The van der Waals surface area contributed by atoms with Crippen LogP contribution >= 0.6 is 12.2 Å². The fraction of sp³-hybridized carbons (Fsp3) is 0.846. The van der Waals surface area contributed by atoms with E-state index in [4.69, 9.17) is 18.0 Å². The largest absolute Gasteiger partial charge is 0.392 e. The van der Waals surface area contributed by atoms with Gasteiger partial charge in [0.2, 0.25) is 5.91 Å². The van der Waals surface area contributed by atoms with E-state index in [1.54, 1.807) is 0 Å². The van der Waals surface area contributed by atoms with Gasteiger partial charge in [-0.15, -0.1) is 0 Å². The maximum atomic E-state index is 12.4. The van der Waals surface area contributed by atoms with Crippen LogP contribution in [0.15, 0.2) is 0 Å². The Morgan fingerprint density at radius 3 is 2.29 bits per heavy atom. The maximum absolute atomic E-state index is 12.4. The number of nitrogens with two attached hydrogens (primary N) is 1. The van der Waals surface area contributed by atoms with E-state index < -0.39 is 5.41 Å². The molecule has 0 saturated heterocycles. The second-order valence-corrected chi connectivity index (χ2v) is 5.58. The van der Waals surface area contributed by atoms with Gasteiger partial charge in [0.15, 0.2) is 0 Å². The highest BCUT2D eigenvalue weighted by Crippen LogP contribution is 2.35. The van der Waals surface area contributed by atoms with E-state index in [-0.39, 0.29) is 11.9 Å². The van der Waals surface area contributed by atoms with Gasteiger partial charge in [-0.05, 0) is 26.2 Å². The normalized spacial score (nSPS) is 21.3. The lowest BCUT2D eigenvalue weighted by molar-refractivity contribution is -0.128. The number of carbonyl (C=O) groups excluding carboxylic acids is 1. The molecule has 1 amide bonds. The lowest BCUT2D eigenvalue weighted by Crippen LogP contribution is -2.50. The van der Waals surface area contributed by atoms with E-state index >= 15 is 0 Å². The molecule has 1 fully saturated rings. The van der Waals surface area contributed by atoms with Crippen LogP contribution in [0.25, 0.3) is 0 Å². The summed E-state index contributed by atoms with van der Waals surface area (Å²) in [6.45, 7) is 4.08. The zero-order valence-electron chi connectivity index (χ0n) is 10.9. The molecule has 3 N–H and O–H groups in total. The number of hydrogen-bond donors (Lipinski definition) is 2. The van der Waals surface area contributed by atoms with Crippen LogP contribution in [-0.4, -0.2) is 16.9 Å². The Balaban J connectivity index is 2.82. The van der Waals surface area contributed by atoms with Gasteiger partial charge in [-0.3, -0.25) is 4.79 Å². The van der Waals surface area contributed by atoms with E-state index in [0.717, 1.165) is 32.1 Å². The first-order chi connectivity index (χ1) is 8.03. The molecule has 1 aliphatic rings. The zero-order chi connectivity index (χ0) is 12.9. The Hall–Kier alpha value is -0.640. The van der Waals surface area contributed by atoms with Gasteiger partial charge < -0.3 is 11.1 Å². The van der Waals surface area contributed by atoms with Gasteiger partial charge in [-0.1, -0.05) is 44.8 Å². The molecule has 0 aromatic carbocycles. The minimum Gasteiger partial charge on any atom is -0.392 e. The number of rotatable bonds is 4. The molecule has 0 spiro atoms. The maximum Gasteiger partial charge on any atom is 0.233 e. The predicted molar refractivity (Wildman–Crippen MR) is 74.8 cm³/mol. The summed E-state index contributed by atoms with van der Waals surface area (Å²) in [6.07, 6.45) is 7.01. The highest BCUT2D eigenvalue weighted by Gasteiger charge is 2.41. The SMILES string of the molecule is CCC(C)NC(=O)C1(C(N)=S)CCCCCC1. The third-order valence-electron chi connectivity index (χ3n) is 3.85. The average molecular weight is 256 g/mol. The van der Waals surface area contributed by atoms with Crippen LogP contribution in [0.3, 0.4) is 0 Å². The third-order valence-corrected chi connectivity index (χ3v) is 4.24. The summed E-state index contributed by atoms with van der Waals surface area (Å²) in [4.78, 5) is 12.8. The number of nitrogens with one attached hydrogen (secondary N) is 1. The van der Waals surface area contributed by atoms with Crippen molar-refractivity contribution in [3.63, 3.8) is 0 Å². The second-order valence-electron chi connectivity index (χ2n) is 5.14. The van der Waals surface area contributed by atoms with Crippen LogP contribution < -0.4 is 11.1 Å². The molecule has 1 atom stereocenters. The van der Waals surface area contributed by atoms with Crippen LogP contribution in [0.2, 0.25) is 0 Å². The molecule has 3 nitrogen and oxygen atoms in total. The van der Waals surface area contributed by atoms with Gasteiger partial charge in [0.05, 0.1) is 10.4 Å². The minimum absolute atomic E-state index is 0.0428. The fourth-order valence-corrected chi connectivity index (χ4v) is 2.68. The predicted octanol–water partition coefficient (Wildman–Crippen LogP) is 2.53. The molecule has 1 rings (SSSR count). The van der Waals surface area contributed by atoms with Crippen molar-refractivity contribution >= 4 is 23.1 Å². The van der Waals surface area contributed by atoms with Crippen molar-refractivity contribution in [1.82, 2.24) is 5.32 Å². The first-order valence-corrected chi connectivity index (χ1v) is 7.04. The van der Waals surface area contributed by atoms with Gasteiger partial charge in [-0.2, -0.15) is 0 Å². The molecule has 0 radical (unpaired) electrons. The van der Waals surface area contributed by atoms with Gasteiger partial charge in [0.1, 0.15) is 0 Å². The number of amides is 1. The van der Waals surface area contributed by atoms with E-state index in [0.29, 0.717) is 4.99 Å². The molecule has 1 aliphatic carbocycles. The lowest BCUT2D eigenvalue weighted by Gasteiger charge is -2.31. The molecule has 4 heteroatoms. The molecule has 0 aromatic rings. The molecule has 1 unspecified atom stereocenters. The summed E-state index contributed by atoms with van der Waals surface area (Å²) < 4.78 is 0. The number of thiocarbonyl (C=S) groups is 1. The van der Waals surface area contributed by atoms with Gasteiger partial charge in [-0.25, -0.2) is 0 Å². The van der Waals surface area contributed by atoms with Crippen molar-refractivity contribution in [3.05, 3.63) is 0 Å². The summed E-state index contributed by atoms with van der Waals surface area (Å²) in [5.74, 6) is 0.0428. The van der Waals surface area contributed by atoms with Crippen LogP contribution in [0.5, 0.6) is 0 Å². The van der Waals surface area contributed by atoms with E-state index in [1.165, 1.54) is 12.8 Å². The van der Waals surface area contributed by atoms with Gasteiger partial charge >= 0.3 is 0 Å². The molecular weight excluding hydrogens is 232 g/mol. The molecule has 1 saturated carbocycles. The van der Waals surface area contributed by atoms with Crippen molar-refractivity contribution in [2.45, 2.75) is 64.8 Å². The van der Waals surface area contributed by atoms with Crippen molar-refractivity contribution in [1.29, 1.82) is 0 Å².